The van der Waals surface area contributed by atoms with Gasteiger partial charge in [0.1, 0.15) is 5.82 Å². The van der Waals surface area contributed by atoms with Crippen molar-refractivity contribution in [2.24, 2.45) is 17.3 Å². The predicted octanol–water partition coefficient (Wildman–Crippen LogP) is 3.91. The maximum Gasteiger partial charge on any atom is 0.490 e. The van der Waals surface area contributed by atoms with Crippen molar-refractivity contribution < 1.29 is 32.7 Å². The average Bonchev–Trinajstić information content (AvgIpc) is 3.69. The van der Waals surface area contributed by atoms with Crippen LogP contribution < -0.4 is 10.2 Å². The molecule has 3 fully saturated rings. The standard InChI is InChI=1S/C26H32N4O2.C2HF3O2/c1-19-6-4-7-21(14-19)24(31)29-13-5-11-26(25(32)28-15-20-9-10-20)18-30(17-22(26)16-29)23-8-2-3-12-27-23;3-2(4,5)1(6)7/h2-4,6-8,12,14,20,22H,5,9-11,13,15-18H2,1H3,(H,28,32);(H,6,7)/t22-,26-;/m0./s1. The van der Waals surface area contributed by atoms with Gasteiger partial charge in [-0.2, -0.15) is 13.2 Å². The van der Waals surface area contributed by atoms with Gasteiger partial charge in [0.15, 0.2) is 0 Å². The van der Waals surface area contributed by atoms with Crippen molar-refractivity contribution in [2.75, 3.05) is 37.6 Å². The third kappa shape index (κ3) is 6.88. The summed E-state index contributed by atoms with van der Waals surface area (Å²) in [6.07, 6.45) is 0.790. The lowest BCUT2D eigenvalue weighted by molar-refractivity contribution is -0.192. The van der Waals surface area contributed by atoms with Crippen LogP contribution in [0.25, 0.3) is 0 Å². The number of rotatable bonds is 5. The number of halogens is 3. The molecular formula is C28H33F3N4O4. The van der Waals surface area contributed by atoms with Crippen LogP contribution >= 0.6 is 0 Å². The Labute approximate surface area is 225 Å². The molecule has 0 radical (unpaired) electrons. The summed E-state index contributed by atoms with van der Waals surface area (Å²) in [4.78, 5) is 44.6. The van der Waals surface area contributed by atoms with Gasteiger partial charge in [-0.3, -0.25) is 9.59 Å². The van der Waals surface area contributed by atoms with Crippen LogP contribution in [0.4, 0.5) is 19.0 Å². The minimum absolute atomic E-state index is 0.0687. The molecule has 39 heavy (non-hydrogen) atoms. The van der Waals surface area contributed by atoms with Gasteiger partial charge in [0, 0.05) is 50.4 Å². The monoisotopic (exact) mass is 546 g/mol. The van der Waals surface area contributed by atoms with Crippen molar-refractivity contribution in [3.8, 4) is 0 Å². The van der Waals surface area contributed by atoms with Gasteiger partial charge in [-0.1, -0.05) is 23.8 Å². The van der Waals surface area contributed by atoms with E-state index in [4.69, 9.17) is 9.90 Å². The first kappa shape index (κ1) is 28.4. The Bertz CT molecular complexity index is 1190. The smallest absolute Gasteiger partial charge is 0.475 e. The molecule has 5 rings (SSSR count). The fourth-order valence-corrected chi connectivity index (χ4v) is 5.40. The van der Waals surface area contributed by atoms with Crippen LogP contribution in [-0.2, 0) is 9.59 Å². The Balaban J connectivity index is 0.000000448. The summed E-state index contributed by atoms with van der Waals surface area (Å²) in [6.45, 7) is 5.50. The van der Waals surface area contributed by atoms with Crippen molar-refractivity contribution >= 4 is 23.6 Å². The summed E-state index contributed by atoms with van der Waals surface area (Å²) in [5.41, 5.74) is 1.34. The first-order valence-corrected chi connectivity index (χ1v) is 13.1. The number of nitrogens with zero attached hydrogens (tertiary/aromatic N) is 3. The number of aromatic nitrogens is 1. The number of aliphatic carboxylic acids is 1. The molecule has 2 aromatic rings. The molecule has 2 aliphatic heterocycles. The number of carboxylic acid groups (broad SMARTS) is 1. The number of carbonyl (C=O) groups excluding carboxylic acids is 2. The molecule has 0 bridgehead atoms. The van der Waals surface area contributed by atoms with E-state index in [1.165, 1.54) is 12.8 Å². The lowest BCUT2D eigenvalue weighted by Gasteiger charge is -2.32. The third-order valence-corrected chi connectivity index (χ3v) is 7.66. The molecule has 3 heterocycles. The Hall–Kier alpha value is -3.63. The average molecular weight is 547 g/mol. The Morgan fingerprint density at radius 1 is 1.13 bits per heavy atom. The second kappa shape index (κ2) is 11.6. The highest BCUT2D eigenvalue weighted by molar-refractivity contribution is 5.94. The first-order valence-electron chi connectivity index (χ1n) is 13.1. The zero-order valence-electron chi connectivity index (χ0n) is 21.8. The maximum absolute atomic E-state index is 13.6. The van der Waals surface area contributed by atoms with Crippen LogP contribution in [0.5, 0.6) is 0 Å². The van der Waals surface area contributed by atoms with E-state index >= 15 is 0 Å². The second-order valence-electron chi connectivity index (χ2n) is 10.6. The van der Waals surface area contributed by atoms with Crippen LogP contribution in [-0.4, -0.2) is 71.7 Å². The fourth-order valence-electron chi connectivity index (χ4n) is 5.40. The zero-order valence-corrected chi connectivity index (χ0v) is 21.8. The van der Waals surface area contributed by atoms with Crippen LogP contribution in [0.2, 0.25) is 0 Å². The minimum atomic E-state index is -5.08. The van der Waals surface area contributed by atoms with Gasteiger partial charge in [0.2, 0.25) is 5.91 Å². The van der Waals surface area contributed by atoms with E-state index < -0.39 is 17.6 Å². The Morgan fingerprint density at radius 2 is 1.87 bits per heavy atom. The summed E-state index contributed by atoms with van der Waals surface area (Å²) < 4.78 is 31.7. The molecule has 8 nitrogen and oxygen atoms in total. The Morgan fingerprint density at radius 3 is 2.49 bits per heavy atom. The van der Waals surface area contributed by atoms with E-state index in [9.17, 15) is 22.8 Å². The third-order valence-electron chi connectivity index (χ3n) is 7.66. The van der Waals surface area contributed by atoms with Gasteiger partial charge in [0.05, 0.1) is 5.41 Å². The van der Waals surface area contributed by atoms with E-state index in [1.807, 2.05) is 54.3 Å². The van der Waals surface area contributed by atoms with E-state index in [-0.39, 0.29) is 17.7 Å². The molecule has 1 aromatic carbocycles. The lowest BCUT2D eigenvalue weighted by Crippen LogP contribution is -2.48. The zero-order chi connectivity index (χ0) is 28.2. The van der Waals surface area contributed by atoms with Gasteiger partial charge in [-0.25, -0.2) is 9.78 Å². The molecule has 2 saturated heterocycles. The van der Waals surface area contributed by atoms with Crippen molar-refractivity contribution in [1.82, 2.24) is 15.2 Å². The molecule has 0 unspecified atom stereocenters. The number of nitrogens with one attached hydrogen (secondary N) is 1. The highest BCUT2D eigenvalue weighted by Gasteiger charge is 2.54. The predicted molar refractivity (Wildman–Crippen MR) is 138 cm³/mol. The molecule has 1 saturated carbocycles. The van der Waals surface area contributed by atoms with Crippen LogP contribution in [0, 0.1) is 24.2 Å². The number of pyridine rings is 1. The topological polar surface area (TPSA) is 103 Å². The summed E-state index contributed by atoms with van der Waals surface area (Å²) in [6, 6.07) is 13.7. The maximum atomic E-state index is 13.6. The van der Waals surface area contributed by atoms with Crippen molar-refractivity contribution in [2.45, 2.75) is 38.8 Å². The number of carbonyl (C=O) groups is 3. The highest BCUT2D eigenvalue weighted by atomic mass is 19.4. The van der Waals surface area contributed by atoms with Gasteiger partial charge >= 0.3 is 12.1 Å². The number of hydrogen-bond acceptors (Lipinski definition) is 5. The summed E-state index contributed by atoms with van der Waals surface area (Å²) in [7, 11) is 0. The van der Waals surface area contributed by atoms with E-state index in [1.54, 1.807) is 6.20 Å². The second-order valence-corrected chi connectivity index (χ2v) is 10.6. The largest absolute Gasteiger partial charge is 0.490 e. The molecule has 1 aromatic heterocycles. The van der Waals surface area contributed by atoms with Crippen molar-refractivity contribution in [3.63, 3.8) is 0 Å². The fraction of sp³-hybridized carbons (Fsp3) is 0.500. The SMILES string of the molecule is Cc1cccc(C(=O)N2CCC[C@]3(C(=O)NCC4CC4)CN(c4ccccn4)C[C@@H]3C2)c1.O=C(O)C(F)(F)F. The molecule has 11 heteroatoms. The molecule has 2 amide bonds. The number of benzene rings is 1. The molecule has 0 spiro atoms. The number of carboxylic acids is 1. The summed E-state index contributed by atoms with van der Waals surface area (Å²) in [5, 5.41) is 10.4. The normalized spacial score (nSPS) is 22.7. The summed E-state index contributed by atoms with van der Waals surface area (Å²) in [5.74, 6) is -0.886. The number of aryl methyl sites for hydroxylation is 1. The van der Waals surface area contributed by atoms with Crippen LogP contribution in [0.1, 0.15) is 41.6 Å². The number of amides is 2. The van der Waals surface area contributed by atoms with Gasteiger partial charge in [-0.15, -0.1) is 0 Å². The number of hydrogen-bond donors (Lipinski definition) is 2. The molecule has 3 aliphatic rings. The number of fused-ring (bicyclic) bond motifs is 1. The highest BCUT2D eigenvalue weighted by Crippen LogP contribution is 2.44. The quantitative estimate of drug-likeness (QED) is 0.590. The van der Waals surface area contributed by atoms with Gasteiger partial charge in [-0.05, 0) is 62.8 Å². The molecule has 2 N–H and O–H groups in total. The molecule has 210 valence electrons. The molecule has 2 atom stereocenters. The number of alkyl halides is 3. The van der Waals surface area contributed by atoms with Gasteiger partial charge < -0.3 is 20.2 Å². The number of likely N-dealkylation sites (tertiary alicyclic amines) is 1. The molecule has 1 aliphatic carbocycles. The summed E-state index contributed by atoms with van der Waals surface area (Å²) >= 11 is 0. The molecular weight excluding hydrogens is 513 g/mol. The van der Waals surface area contributed by atoms with E-state index in [2.05, 4.69) is 15.2 Å². The first-order chi connectivity index (χ1) is 18.5. The van der Waals surface area contributed by atoms with Crippen molar-refractivity contribution in [3.05, 3.63) is 59.8 Å². The van der Waals surface area contributed by atoms with Crippen LogP contribution in [0.3, 0.4) is 0 Å². The van der Waals surface area contributed by atoms with Gasteiger partial charge in [0.25, 0.3) is 5.91 Å². The van der Waals surface area contributed by atoms with E-state index in [0.717, 1.165) is 42.9 Å². The van der Waals surface area contributed by atoms with E-state index in [0.29, 0.717) is 25.6 Å². The van der Waals surface area contributed by atoms with Crippen molar-refractivity contribution in [1.29, 1.82) is 0 Å². The number of anilines is 1. The van der Waals surface area contributed by atoms with Crippen LogP contribution in [0.15, 0.2) is 48.7 Å². The Kier molecular flexibility index (Phi) is 8.46. The minimum Gasteiger partial charge on any atom is -0.475 e. The lowest BCUT2D eigenvalue weighted by atomic mass is 9.74.